The van der Waals surface area contributed by atoms with Crippen LogP contribution in [0.1, 0.15) is 23.7 Å². The van der Waals surface area contributed by atoms with Crippen molar-refractivity contribution >= 4 is 50.5 Å². The summed E-state index contributed by atoms with van der Waals surface area (Å²) in [5, 5.41) is 10.1. The Kier molecular flexibility index (Phi) is 7.34. The summed E-state index contributed by atoms with van der Waals surface area (Å²) in [5.41, 5.74) is 6.05. The molecule has 0 aliphatic carbocycles. The molecule has 0 saturated carbocycles. The molecule has 7 heteroatoms. The molecule has 0 aromatic heterocycles. The molecule has 0 fully saturated rings. The van der Waals surface area contributed by atoms with Crippen molar-refractivity contribution in [3.63, 3.8) is 0 Å². The van der Waals surface area contributed by atoms with Gasteiger partial charge in [-0.15, -0.1) is 0 Å². The van der Waals surface area contributed by atoms with E-state index in [-0.39, 0.29) is 18.2 Å². The van der Waals surface area contributed by atoms with Gasteiger partial charge in [-0.1, -0.05) is 34.1 Å². The van der Waals surface area contributed by atoms with Gasteiger partial charge in [0, 0.05) is 32.8 Å². The van der Waals surface area contributed by atoms with Crippen LogP contribution in [-0.4, -0.2) is 17.5 Å². The lowest BCUT2D eigenvalue weighted by atomic mass is 10.2. The van der Waals surface area contributed by atoms with Gasteiger partial charge in [0.25, 0.3) is 5.91 Å². The molecule has 0 spiro atoms. The van der Waals surface area contributed by atoms with Crippen LogP contribution in [-0.2, 0) is 4.79 Å². The van der Waals surface area contributed by atoms with Crippen LogP contribution in [0.2, 0.25) is 0 Å². The van der Waals surface area contributed by atoms with E-state index in [9.17, 15) is 9.59 Å². The maximum Gasteiger partial charge on any atom is 0.271 e. The first kappa shape index (κ1) is 21.3. The van der Waals surface area contributed by atoms with E-state index in [2.05, 4.69) is 37.1 Å². The van der Waals surface area contributed by atoms with Crippen LogP contribution in [0.3, 0.4) is 0 Å². The maximum absolute atomic E-state index is 12.2. The van der Waals surface area contributed by atoms with Gasteiger partial charge in [-0.2, -0.15) is 5.10 Å². The summed E-state index contributed by atoms with van der Waals surface area (Å²) in [4.78, 5) is 24.3. The number of rotatable bonds is 7. The highest BCUT2D eigenvalue weighted by molar-refractivity contribution is 9.10. The molecule has 0 atom stereocenters. The highest BCUT2D eigenvalue weighted by atomic mass is 79.9. The number of hydrazone groups is 1. The second kappa shape index (κ2) is 10.4. The molecule has 0 aliphatic rings. The summed E-state index contributed by atoms with van der Waals surface area (Å²) in [7, 11) is 0. The number of carbonyl (C=O) groups excluding carboxylic acids is 2. The molecule has 0 radical (unpaired) electrons. The second-order valence-corrected chi connectivity index (χ2v) is 7.50. The minimum absolute atomic E-state index is 0.0740. The molecule has 0 unspecified atom stereocenters. The van der Waals surface area contributed by atoms with E-state index >= 15 is 0 Å². The number of anilines is 3. The van der Waals surface area contributed by atoms with Crippen LogP contribution < -0.4 is 16.1 Å². The minimum atomic E-state index is -0.330. The lowest BCUT2D eigenvalue weighted by molar-refractivity contribution is -0.115. The summed E-state index contributed by atoms with van der Waals surface area (Å²) in [6, 6.07) is 24.2. The molecule has 0 bridgehead atoms. The quantitative estimate of drug-likeness (QED) is 0.326. The van der Waals surface area contributed by atoms with E-state index in [1.165, 1.54) is 0 Å². The number of hydrogen-bond donors (Lipinski definition) is 3. The fourth-order valence-corrected chi connectivity index (χ4v) is 2.88. The number of carbonyl (C=O) groups is 2. The Hall–Kier alpha value is -3.45. The number of nitrogens with zero attached hydrogens (tertiary/aromatic N) is 1. The zero-order chi connectivity index (χ0) is 21.3. The predicted molar refractivity (Wildman–Crippen MR) is 124 cm³/mol. The number of hydrogen-bond acceptors (Lipinski definition) is 4. The lowest BCUT2D eigenvalue weighted by Gasteiger charge is -2.09. The Bertz CT molecular complexity index is 1030. The van der Waals surface area contributed by atoms with Crippen molar-refractivity contribution in [2.75, 3.05) is 10.6 Å². The molecule has 30 heavy (non-hydrogen) atoms. The Morgan fingerprint density at radius 1 is 0.833 bits per heavy atom. The van der Waals surface area contributed by atoms with Crippen molar-refractivity contribution in [3.8, 4) is 0 Å². The summed E-state index contributed by atoms with van der Waals surface area (Å²) in [6.07, 6.45) is 0.0740. The fourth-order valence-electron chi connectivity index (χ4n) is 2.61. The van der Waals surface area contributed by atoms with E-state index in [0.717, 1.165) is 15.8 Å². The number of benzene rings is 3. The fraction of sp³-hybridized carbons (Fsp3) is 0.0870. The Balaban J connectivity index is 1.48. The van der Waals surface area contributed by atoms with E-state index < -0.39 is 0 Å². The zero-order valence-electron chi connectivity index (χ0n) is 16.4. The third kappa shape index (κ3) is 6.56. The van der Waals surface area contributed by atoms with Crippen LogP contribution in [0, 0.1) is 0 Å². The third-order valence-corrected chi connectivity index (χ3v) is 4.63. The number of para-hydroxylation sites is 1. The van der Waals surface area contributed by atoms with Crippen molar-refractivity contribution in [2.45, 2.75) is 13.3 Å². The molecular formula is C23H21BrN4O2. The molecule has 3 aromatic rings. The van der Waals surface area contributed by atoms with Gasteiger partial charge in [0.2, 0.25) is 5.91 Å². The van der Waals surface area contributed by atoms with Crippen molar-refractivity contribution in [3.05, 3.63) is 88.9 Å². The molecule has 3 N–H and O–H groups in total. The van der Waals surface area contributed by atoms with Crippen molar-refractivity contribution < 1.29 is 9.59 Å². The molecule has 152 valence electrons. The zero-order valence-corrected chi connectivity index (χ0v) is 17.9. The molecular weight excluding hydrogens is 444 g/mol. The molecule has 2 amide bonds. The van der Waals surface area contributed by atoms with Gasteiger partial charge in [0.15, 0.2) is 0 Å². The van der Waals surface area contributed by atoms with Gasteiger partial charge in [0.05, 0.1) is 6.42 Å². The normalized spacial score (nSPS) is 10.9. The summed E-state index contributed by atoms with van der Waals surface area (Å²) < 4.78 is 0.888. The minimum Gasteiger partial charge on any atom is -0.356 e. The summed E-state index contributed by atoms with van der Waals surface area (Å²) in [5.74, 6) is -0.540. The average molecular weight is 465 g/mol. The first-order valence-corrected chi connectivity index (χ1v) is 10.1. The first-order chi connectivity index (χ1) is 14.5. The molecule has 0 heterocycles. The topological polar surface area (TPSA) is 82.6 Å². The Labute approximate surface area is 183 Å². The van der Waals surface area contributed by atoms with Crippen LogP contribution in [0.5, 0.6) is 0 Å². The second-order valence-electron chi connectivity index (χ2n) is 6.59. The van der Waals surface area contributed by atoms with Crippen molar-refractivity contribution in [1.82, 2.24) is 5.43 Å². The van der Waals surface area contributed by atoms with Gasteiger partial charge in [-0.3, -0.25) is 9.59 Å². The SMILES string of the molecule is CC(CC(=O)Nc1ccc(Nc2ccccc2)cc1)=NNC(=O)c1ccc(Br)cc1. The largest absolute Gasteiger partial charge is 0.356 e. The van der Waals surface area contributed by atoms with Crippen LogP contribution in [0.25, 0.3) is 0 Å². The Morgan fingerprint density at radius 2 is 1.43 bits per heavy atom. The number of halogens is 1. The van der Waals surface area contributed by atoms with Gasteiger partial charge >= 0.3 is 0 Å². The maximum atomic E-state index is 12.2. The van der Waals surface area contributed by atoms with Gasteiger partial charge in [-0.25, -0.2) is 5.43 Å². The van der Waals surface area contributed by atoms with E-state index in [1.807, 2.05) is 54.6 Å². The van der Waals surface area contributed by atoms with Crippen LogP contribution >= 0.6 is 15.9 Å². The molecule has 0 saturated heterocycles. The number of amides is 2. The van der Waals surface area contributed by atoms with E-state index in [0.29, 0.717) is 17.0 Å². The van der Waals surface area contributed by atoms with E-state index in [4.69, 9.17) is 0 Å². The smallest absolute Gasteiger partial charge is 0.271 e. The molecule has 0 aliphatic heterocycles. The first-order valence-electron chi connectivity index (χ1n) is 9.30. The lowest BCUT2D eigenvalue weighted by Crippen LogP contribution is -2.21. The van der Waals surface area contributed by atoms with Crippen LogP contribution in [0.15, 0.2) is 88.4 Å². The predicted octanol–water partition coefficient (Wildman–Crippen LogP) is 5.33. The van der Waals surface area contributed by atoms with E-state index in [1.54, 1.807) is 31.2 Å². The standard InChI is InChI=1S/C23H21BrN4O2/c1-16(27-28-23(30)17-7-9-18(24)10-8-17)15-22(29)26-21-13-11-20(12-14-21)25-19-5-3-2-4-6-19/h2-14,25H,15H2,1H3,(H,26,29)(H,28,30). The molecule has 6 nitrogen and oxygen atoms in total. The van der Waals surface area contributed by atoms with Gasteiger partial charge in [0.1, 0.15) is 0 Å². The van der Waals surface area contributed by atoms with Crippen LogP contribution in [0.4, 0.5) is 17.1 Å². The van der Waals surface area contributed by atoms with Gasteiger partial charge < -0.3 is 10.6 Å². The summed E-state index contributed by atoms with van der Waals surface area (Å²) in [6.45, 7) is 1.69. The molecule has 3 aromatic carbocycles. The van der Waals surface area contributed by atoms with Gasteiger partial charge in [-0.05, 0) is 67.6 Å². The number of nitrogens with one attached hydrogen (secondary N) is 3. The highest BCUT2D eigenvalue weighted by Gasteiger charge is 2.07. The summed E-state index contributed by atoms with van der Waals surface area (Å²) >= 11 is 3.32. The Morgan fingerprint density at radius 3 is 2.10 bits per heavy atom. The highest BCUT2D eigenvalue weighted by Crippen LogP contribution is 2.18. The monoisotopic (exact) mass is 464 g/mol. The third-order valence-electron chi connectivity index (χ3n) is 4.10. The molecule has 3 rings (SSSR count). The average Bonchev–Trinajstić information content (AvgIpc) is 2.74. The van der Waals surface area contributed by atoms with Crippen molar-refractivity contribution in [2.24, 2.45) is 5.10 Å². The van der Waals surface area contributed by atoms with Crippen molar-refractivity contribution in [1.29, 1.82) is 0 Å².